The number of rotatable bonds is 5. The van der Waals surface area contributed by atoms with Gasteiger partial charge in [0.05, 0.1) is 4.91 Å². The highest BCUT2D eigenvalue weighted by molar-refractivity contribution is 8.07. The first-order valence-corrected chi connectivity index (χ1v) is 8.70. The van der Waals surface area contributed by atoms with Gasteiger partial charge in [-0.2, -0.15) is 0 Å². The van der Waals surface area contributed by atoms with Crippen LogP contribution in [0.25, 0.3) is 0 Å². The van der Waals surface area contributed by atoms with Crippen molar-refractivity contribution in [3.8, 4) is 0 Å². The lowest BCUT2D eigenvalue weighted by molar-refractivity contribution is -0.136. The lowest BCUT2D eigenvalue weighted by Crippen LogP contribution is -2.52. The molecule has 0 bridgehead atoms. The molecule has 3 amide bonds. The normalized spacial score (nSPS) is 20.3. The fourth-order valence-corrected chi connectivity index (χ4v) is 3.16. The summed E-state index contributed by atoms with van der Waals surface area (Å²) in [5.41, 5.74) is -0.0517. The number of piperidine rings is 1. The number of carbonyl (C=O) groups excluding carboxylic acids is 3. The second kappa shape index (κ2) is 8.34. The van der Waals surface area contributed by atoms with Crippen LogP contribution >= 0.6 is 11.8 Å². The Balaban J connectivity index is 2.78. The van der Waals surface area contributed by atoms with Crippen LogP contribution in [0.4, 0.5) is 0 Å². The van der Waals surface area contributed by atoms with Crippen LogP contribution in [0.1, 0.15) is 53.9 Å². The van der Waals surface area contributed by atoms with Gasteiger partial charge >= 0.3 is 0 Å². The lowest BCUT2D eigenvalue weighted by Gasteiger charge is -2.25. The van der Waals surface area contributed by atoms with Crippen LogP contribution in [0, 0.1) is 5.41 Å². The van der Waals surface area contributed by atoms with Crippen molar-refractivity contribution < 1.29 is 14.4 Å². The quantitative estimate of drug-likeness (QED) is 0.597. The molecule has 0 spiro atoms. The van der Waals surface area contributed by atoms with Crippen molar-refractivity contribution >= 4 is 29.5 Å². The van der Waals surface area contributed by atoms with Gasteiger partial charge in [0.25, 0.3) is 5.91 Å². The fraction of sp³-hybridized carbons (Fsp3) is 0.588. The third-order valence-corrected chi connectivity index (χ3v) is 5.02. The van der Waals surface area contributed by atoms with E-state index in [-0.39, 0.29) is 23.7 Å². The highest BCUT2D eigenvalue weighted by Gasteiger charge is 2.29. The van der Waals surface area contributed by atoms with Crippen LogP contribution in [0.15, 0.2) is 22.0 Å². The summed E-state index contributed by atoms with van der Waals surface area (Å²) >= 11 is 1.43. The maximum Gasteiger partial charge on any atom is 0.258 e. The third kappa shape index (κ3) is 5.86. The predicted octanol–water partition coefficient (Wildman–Crippen LogP) is 2.88. The van der Waals surface area contributed by atoms with E-state index in [2.05, 4.69) is 44.4 Å². The Morgan fingerprint density at radius 1 is 1.39 bits per heavy atom. The molecule has 1 unspecified atom stereocenters. The molecule has 2 N–H and O–H groups in total. The Labute approximate surface area is 142 Å². The summed E-state index contributed by atoms with van der Waals surface area (Å²) < 4.78 is 0. The van der Waals surface area contributed by atoms with E-state index in [0.29, 0.717) is 11.3 Å². The number of hydrogen-bond acceptors (Lipinski definition) is 4. The summed E-state index contributed by atoms with van der Waals surface area (Å²) in [4.78, 5) is 37.0. The Kier molecular flexibility index (Phi) is 7.06. The molecule has 0 aliphatic carbocycles. The van der Waals surface area contributed by atoms with Crippen molar-refractivity contribution in [2.45, 2.75) is 59.9 Å². The van der Waals surface area contributed by atoms with Gasteiger partial charge in [-0.05, 0) is 30.1 Å². The number of allylic oxidation sites excluding steroid dienone is 3. The van der Waals surface area contributed by atoms with E-state index in [9.17, 15) is 14.4 Å². The number of amides is 3. The monoisotopic (exact) mass is 338 g/mol. The van der Waals surface area contributed by atoms with Crippen LogP contribution in [0.3, 0.4) is 0 Å². The van der Waals surface area contributed by atoms with Gasteiger partial charge in [-0.15, -0.1) is 0 Å². The summed E-state index contributed by atoms with van der Waals surface area (Å²) in [6, 6.07) is -0.649. The Morgan fingerprint density at radius 2 is 2.04 bits per heavy atom. The van der Waals surface area contributed by atoms with Crippen molar-refractivity contribution in [1.82, 2.24) is 10.6 Å². The van der Waals surface area contributed by atoms with Gasteiger partial charge in [-0.25, -0.2) is 0 Å². The second-order valence-corrected chi connectivity index (χ2v) is 7.54. The zero-order valence-corrected chi connectivity index (χ0v) is 15.3. The van der Waals surface area contributed by atoms with E-state index < -0.39 is 11.9 Å². The van der Waals surface area contributed by atoms with E-state index in [1.807, 2.05) is 0 Å². The molecular formula is C17H26N2O3S. The van der Waals surface area contributed by atoms with Crippen molar-refractivity contribution in [2.75, 3.05) is 0 Å². The molecule has 23 heavy (non-hydrogen) atoms. The van der Waals surface area contributed by atoms with Crippen LogP contribution < -0.4 is 10.6 Å². The SMILES string of the molecule is C/C=C(\S/C(=C/CC)C(C)(C)C)C(=O)NC1CCC(=O)NC1=O. The Hall–Kier alpha value is -1.56. The molecular weight excluding hydrogens is 312 g/mol. The van der Waals surface area contributed by atoms with Gasteiger partial charge < -0.3 is 5.32 Å². The molecule has 0 aromatic heterocycles. The average molecular weight is 338 g/mol. The minimum atomic E-state index is -0.649. The topological polar surface area (TPSA) is 75.3 Å². The molecule has 1 aliphatic rings. The standard InChI is InChI=1S/C17H26N2O3S/c1-6-8-13(17(3,4)5)23-12(7-2)16(22)18-11-9-10-14(20)19-15(11)21/h7-8,11H,6,9-10H2,1-5H3,(H,18,22)(H,19,20,21)/b12-7-,13-8+. The average Bonchev–Trinajstić information content (AvgIpc) is 2.45. The number of carbonyl (C=O) groups is 3. The largest absolute Gasteiger partial charge is 0.340 e. The van der Waals surface area contributed by atoms with Gasteiger partial charge in [0.15, 0.2) is 0 Å². The van der Waals surface area contributed by atoms with Crippen LogP contribution in [-0.2, 0) is 14.4 Å². The first kappa shape index (κ1) is 19.5. The summed E-state index contributed by atoms with van der Waals surface area (Å²) in [6.45, 7) is 10.2. The molecule has 1 atom stereocenters. The minimum Gasteiger partial charge on any atom is -0.340 e. The zero-order chi connectivity index (χ0) is 17.6. The van der Waals surface area contributed by atoms with Crippen LogP contribution in [0.2, 0.25) is 0 Å². The molecule has 1 aliphatic heterocycles. The molecule has 0 aromatic carbocycles. The summed E-state index contributed by atoms with van der Waals surface area (Å²) in [7, 11) is 0. The number of imide groups is 1. The maximum atomic E-state index is 12.4. The Morgan fingerprint density at radius 3 is 2.52 bits per heavy atom. The van der Waals surface area contributed by atoms with Gasteiger partial charge in [0, 0.05) is 6.42 Å². The lowest BCUT2D eigenvalue weighted by atomic mass is 9.95. The van der Waals surface area contributed by atoms with E-state index in [4.69, 9.17) is 0 Å². The van der Waals surface area contributed by atoms with E-state index >= 15 is 0 Å². The maximum absolute atomic E-state index is 12.4. The van der Waals surface area contributed by atoms with E-state index in [1.165, 1.54) is 11.8 Å². The van der Waals surface area contributed by atoms with Gasteiger partial charge in [0.1, 0.15) is 6.04 Å². The highest BCUT2D eigenvalue weighted by atomic mass is 32.2. The molecule has 1 saturated heterocycles. The Bertz CT molecular complexity index is 545. The summed E-state index contributed by atoms with van der Waals surface area (Å²) in [6.07, 6.45) is 5.35. The third-order valence-electron chi connectivity index (χ3n) is 3.38. The van der Waals surface area contributed by atoms with E-state index in [0.717, 1.165) is 11.3 Å². The molecule has 0 aromatic rings. The molecule has 5 nitrogen and oxygen atoms in total. The van der Waals surface area contributed by atoms with Crippen LogP contribution in [0.5, 0.6) is 0 Å². The molecule has 128 valence electrons. The first-order valence-electron chi connectivity index (χ1n) is 7.88. The van der Waals surface area contributed by atoms with Crippen LogP contribution in [-0.4, -0.2) is 23.8 Å². The van der Waals surface area contributed by atoms with Gasteiger partial charge in [0.2, 0.25) is 11.8 Å². The highest BCUT2D eigenvalue weighted by Crippen LogP contribution is 2.39. The first-order chi connectivity index (χ1) is 10.7. The van der Waals surface area contributed by atoms with Crippen molar-refractivity contribution in [3.63, 3.8) is 0 Å². The summed E-state index contributed by atoms with van der Waals surface area (Å²) in [5.74, 6) is -1.00. The zero-order valence-electron chi connectivity index (χ0n) is 14.5. The second-order valence-electron chi connectivity index (χ2n) is 6.46. The molecule has 0 radical (unpaired) electrons. The van der Waals surface area contributed by atoms with E-state index in [1.54, 1.807) is 13.0 Å². The molecule has 0 saturated carbocycles. The van der Waals surface area contributed by atoms with Crippen molar-refractivity contribution in [3.05, 3.63) is 22.0 Å². The predicted molar refractivity (Wildman–Crippen MR) is 93.5 cm³/mol. The molecule has 1 rings (SSSR count). The number of thioether (sulfide) groups is 1. The molecule has 1 heterocycles. The number of nitrogens with one attached hydrogen (secondary N) is 2. The van der Waals surface area contributed by atoms with Crippen molar-refractivity contribution in [2.24, 2.45) is 5.41 Å². The molecule has 1 fully saturated rings. The molecule has 6 heteroatoms. The smallest absolute Gasteiger partial charge is 0.258 e. The minimum absolute atomic E-state index is 0.0517. The van der Waals surface area contributed by atoms with Gasteiger partial charge in [-0.3, -0.25) is 19.7 Å². The fourth-order valence-electron chi connectivity index (χ4n) is 2.10. The van der Waals surface area contributed by atoms with Gasteiger partial charge in [-0.1, -0.05) is 51.6 Å². The summed E-state index contributed by atoms with van der Waals surface area (Å²) in [5, 5.41) is 4.97. The number of hydrogen-bond donors (Lipinski definition) is 2. The van der Waals surface area contributed by atoms with Crippen molar-refractivity contribution in [1.29, 1.82) is 0 Å².